The molecule has 4 nitrogen and oxygen atoms in total. The predicted octanol–water partition coefficient (Wildman–Crippen LogP) is 6.30. The number of nitrogens with zero attached hydrogens (tertiary/aromatic N) is 2. The van der Waals surface area contributed by atoms with Crippen LogP contribution in [0.25, 0.3) is 0 Å². The summed E-state index contributed by atoms with van der Waals surface area (Å²) in [5.74, 6) is -0.0242. The van der Waals surface area contributed by atoms with Gasteiger partial charge < -0.3 is 5.32 Å². The van der Waals surface area contributed by atoms with Crippen molar-refractivity contribution in [3.05, 3.63) is 102 Å². The van der Waals surface area contributed by atoms with Gasteiger partial charge in [-0.3, -0.25) is 4.79 Å². The largest absolute Gasteiger partial charge is 0.359 e. The molecule has 0 aliphatic carbocycles. The minimum Gasteiger partial charge on any atom is -0.359 e. The maximum atomic E-state index is 12.2. The lowest BCUT2D eigenvalue weighted by Crippen LogP contribution is -2.01. The van der Waals surface area contributed by atoms with Crippen molar-refractivity contribution in [1.82, 2.24) is 0 Å². The molecule has 0 aromatic heterocycles. The fraction of sp³-hybridized carbons (Fsp3) is 0.0455. The van der Waals surface area contributed by atoms with Gasteiger partial charge in [0.15, 0.2) is 5.78 Å². The number of nitrogens with one attached hydrogen (secondary N) is 1. The van der Waals surface area contributed by atoms with E-state index >= 15 is 0 Å². The molecule has 4 heteroatoms. The number of hydrogen-bond donors (Lipinski definition) is 1. The molecule has 0 aliphatic heterocycles. The van der Waals surface area contributed by atoms with Gasteiger partial charge in [0.25, 0.3) is 0 Å². The zero-order valence-electron chi connectivity index (χ0n) is 14.5. The lowest BCUT2D eigenvalue weighted by Gasteiger charge is -2.06. The Hall–Kier alpha value is -3.53. The number of azo groups is 1. The normalized spacial score (nSPS) is 11.5. The lowest BCUT2D eigenvalue weighted by molar-refractivity contribution is 0.104. The minimum atomic E-state index is -0.0242. The number of allylic oxidation sites excluding steroid dienone is 2. The van der Waals surface area contributed by atoms with E-state index in [0.717, 1.165) is 22.8 Å². The van der Waals surface area contributed by atoms with Gasteiger partial charge >= 0.3 is 0 Å². The smallest absolute Gasteiger partial charge is 0.187 e. The van der Waals surface area contributed by atoms with E-state index < -0.39 is 0 Å². The standard InChI is InChI=1S/C22H19N3O/c1-17(16-22(26)18-8-4-2-5-9-18)23-19-12-14-21(15-13-19)25-24-20-10-6-3-7-11-20/h2-16,23H,1H3/b17-16+,25-24?. The summed E-state index contributed by atoms with van der Waals surface area (Å²) >= 11 is 0. The van der Waals surface area contributed by atoms with Crippen LogP contribution in [0.3, 0.4) is 0 Å². The molecule has 0 amide bonds. The first-order chi connectivity index (χ1) is 12.7. The quantitative estimate of drug-likeness (QED) is 0.325. The Bertz CT molecular complexity index is 915. The van der Waals surface area contributed by atoms with Crippen molar-refractivity contribution in [2.45, 2.75) is 6.92 Å². The number of carbonyl (C=O) groups is 1. The molecule has 0 fully saturated rings. The summed E-state index contributed by atoms with van der Waals surface area (Å²) in [6, 6.07) is 26.4. The molecule has 128 valence electrons. The third-order valence-electron chi connectivity index (χ3n) is 3.65. The molecule has 3 rings (SSSR count). The number of ketones is 1. The highest BCUT2D eigenvalue weighted by Crippen LogP contribution is 2.20. The highest BCUT2D eigenvalue weighted by atomic mass is 16.1. The van der Waals surface area contributed by atoms with Crippen molar-refractivity contribution in [2.24, 2.45) is 10.2 Å². The van der Waals surface area contributed by atoms with E-state index in [1.807, 2.05) is 79.7 Å². The highest BCUT2D eigenvalue weighted by molar-refractivity contribution is 6.05. The van der Waals surface area contributed by atoms with Crippen LogP contribution in [0.4, 0.5) is 17.1 Å². The summed E-state index contributed by atoms with van der Waals surface area (Å²) in [5, 5.41) is 11.6. The van der Waals surface area contributed by atoms with E-state index in [1.165, 1.54) is 0 Å². The Kier molecular flexibility index (Phi) is 5.68. The molecule has 0 radical (unpaired) electrons. The van der Waals surface area contributed by atoms with Gasteiger partial charge in [-0.2, -0.15) is 10.2 Å². The molecule has 0 saturated carbocycles. The van der Waals surface area contributed by atoms with Crippen LogP contribution in [0.5, 0.6) is 0 Å². The van der Waals surface area contributed by atoms with Gasteiger partial charge in [-0.15, -0.1) is 0 Å². The molecule has 26 heavy (non-hydrogen) atoms. The average Bonchev–Trinajstić information content (AvgIpc) is 2.69. The van der Waals surface area contributed by atoms with Crippen molar-refractivity contribution in [1.29, 1.82) is 0 Å². The summed E-state index contributed by atoms with van der Waals surface area (Å²) in [6.45, 7) is 1.86. The van der Waals surface area contributed by atoms with Crippen molar-refractivity contribution in [2.75, 3.05) is 5.32 Å². The van der Waals surface area contributed by atoms with Crippen molar-refractivity contribution in [3.8, 4) is 0 Å². The molecule has 0 aliphatic rings. The number of anilines is 1. The number of carbonyl (C=O) groups excluding carboxylic acids is 1. The molecule has 0 unspecified atom stereocenters. The molecule has 0 heterocycles. The van der Waals surface area contributed by atoms with E-state index in [2.05, 4.69) is 15.5 Å². The first-order valence-electron chi connectivity index (χ1n) is 8.32. The van der Waals surface area contributed by atoms with Crippen LogP contribution in [0, 0.1) is 0 Å². The Morgan fingerprint density at radius 2 is 1.31 bits per heavy atom. The summed E-state index contributed by atoms with van der Waals surface area (Å²) in [5.41, 5.74) is 3.91. The van der Waals surface area contributed by atoms with Gasteiger partial charge in [0.2, 0.25) is 0 Å². The summed E-state index contributed by atoms with van der Waals surface area (Å²) in [4.78, 5) is 12.2. The number of rotatable bonds is 6. The second-order valence-electron chi connectivity index (χ2n) is 5.77. The molecule has 0 spiro atoms. The number of hydrogen-bond acceptors (Lipinski definition) is 4. The molecular formula is C22H19N3O. The van der Waals surface area contributed by atoms with Crippen LogP contribution < -0.4 is 5.32 Å². The summed E-state index contributed by atoms with van der Waals surface area (Å²) < 4.78 is 0. The van der Waals surface area contributed by atoms with E-state index in [1.54, 1.807) is 18.2 Å². The maximum Gasteiger partial charge on any atom is 0.187 e. The highest BCUT2D eigenvalue weighted by Gasteiger charge is 2.02. The van der Waals surface area contributed by atoms with Crippen molar-refractivity contribution in [3.63, 3.8) is 0 Å². The molecule has 0 atom stereocenters. The average molecular weight is 341 g/mol. The Morgan fingerprint density at radius 3 is 1.92 bits per heavy atom. The topological polar surface area (TPSA) is 53.8 Å². The van der Waals surface area contributed by atoms with Gasteiger partial charge in [0, 0.05) is 23.0 Å². The van der Waals surface area contributed by atoms with Crippen LogP contribution in [-0.2, 0) is 0 Å². The number of benzene rings is 3. The third kappa shape index (κ3) is 4.98. The second-order valence-corrected chi connectivity index (χ2v) is 5.77. The molecular weight excluding hydrogens is 322 g/mol. The van der Waals surface area contributed by atoms with E-state index in [4.69, 9.17) is 0 Å². The first kappa shape index (κ1) is 17.3. The fourth-order valence-electron chi connectivity index (χ4n) is 2.37. The Labute approximate surface area is 152 Å². The summed E-state index contributed by atoms with van der Waals surface area (Å²) in [7, 11) is 0. The van der Waals surface area contributed by atoms with Gasteiger partial charge in [-0.25, -0.2) is 0 Å². The van der Waals surface area contributed by atoms with Crippen molar-refractivity contribution >= 4 is 22.8 Å². The zero-order valence-corrected chi connectivity index (χ0v) is 14.5. The van der Waals surface area contributed by atoms with E-state index in [0.29, 0.717) is 5.56 Å². The van der Waals surface area contributed by atoms with Crippen LogP contribution in [-0.4, -0.2) is 5.78 Å². The molecule has 0 bridgehead atoms. The van der Waals surface area contributed by atoms with Gasteiger partial charge in [0.1, 0.15) is 0 Å². The zero-order chi connectivity index (χ0) is 18.2. The third-order valence-corrected chi connectivity index (χ3v) is 3.65. The monoisotopic (exact) mass is 341 g/mol. The molecule has 1 N–H and O–H groups in total. The Morgan fingerprint density at radius 1 is 0.769 bits per heavy atom. The lowest BCUT2D eigenvalue weighted by atomic mass is 10.1. The van der Waals surface area contributed by atoms with Crippen LogP contribution in [0.1, 0.15) is 17.3 Å². The fourth-order valence-corrected chi connectivity index (χ4v) is 2.37. The molecule has 3 aromatic carbocycles. The predicted molar refractivity (Wildman–Crippen MR) is 105 cm³/mol. The van der Waals surface area contributed by atoms with E-state index in [9.17, 15) is 4.79 Å². The first-order valence-corrected chi connectivity index (χ1v) is 8.32. The Balaban J connectivity index is 1.63. The van der Waals surface area contributed by atoms with Crippen LogP contribution in [0.15, 0.2) is 107 Å². The maximum absolute atomic E-state index is 12.2. The minimum absolute atomic E-state index is 0.0242. The second kappa shape index (κ2) is 8.53. The van der Waals surface area contributed by atoms with Crippen LogP contribution in [0.2, 0.25) is 0 Å². The summed E-state index contributed by atoms with van der Waals surface area (Å²) in [6.07, 6.45) is 1.60. The van der Waals surface area contributed by atoms with Crippen LogP contribution >= 0.6 is 0 Å². The van der Waals surface area contributed by atoms with Crippen molar-refractivity contribution < 1.29 is 4.79 Å². The SMILES string of the molecule is C/C(=C\C(=O)c1ccccc1)Nc1ccc(N=Nc2ccccc2)cc1. The molecule has 0 saturated heterocycles. The van der Waals surface area contributed by atoms with Gasteiger partial charge in [-0.05, 0) is 43.3 Å². The van der Waals surface area contributed by atoms with E-state index in [-0.39, 0.29) is 5.78 Å². The molecule has 3 aromatic rings. The van der Waals surface area contributed by atoms with Gasteiger partial charge in [-0.1, -0.05) is 48.5 Å². The van der Waals surface area contributed by atoms with Gasteiger partial charge in [0.05, 0.1) is 11.4 Å².